The van der Waals surface area contributed by atoms with Gasteiger partial charge in [0.1, 0.15) is 5.03 Å². The third-order valence-electron chi connectivity index (χ3n) is 2.63. The SMILES string of the molecule is CCSc1ccc2nnc(-c3ccc(Cl)cc3)n2n1. The Morgan fingerprint density at radius 3 is 2.63 bits per heavy atom. The number of rotatable bonds is 3. The second kappa shape index (κ2) is 5.19. The lowest BCUT2D eigenvalue weighted by Crippen LogP contribution is -1.96. The van der Waals surface area contributed by atoms with Crippen molar-refractivity contribution in [2.24, 2.45) is 0 Å². The summed E-state index contributed by atoms with van der Waals surface area (Å²) in [5, 5.41) is 14.5. The lowest BCUT2D eigenvalue weighted by atomic mass is 10.2. The molecule has 3 rings (SSSR count). The Morgan fingerprint density at radius 1 is 1.11 bits per heavy atom. The standard InChI is InChI=1S/C13H11ClN4S/c1-2-19-12-8-7-11-15-16-13(18(11)17-12)9-3-5-10(14)6-4-9/h3-8H,2H2,1H3. The summed E-state index contributed by atoms with van der Waals surface area (Å²) < 4.78 is 1.77. The van der Waals surface area contributed by atoms with Crippen LogP contribution in [0.5, 0.6) is 0 Å². The van der Waals surface area contributed by atoms with Crippen LogP contribution in [-0.4, -0.2) is 25.6 Å². The van der Waals surface area contributed by atoms with Gasteiger partial charge in [-0.1, -0.05) is 18.5 Å². The van der Waals surface area contributed by atoms with E-state index in [9.17, 15) is 0 Å². The summed E-state index contributed by atoms with van der Waals surface area (Å²) in [6, 6.07) is 11.4. The number of aromatic nitrogens is 4. The molecule has 1 aromatic carbocycles. The molecule has 96 valence electrons. The van der Waals surface area contributed by atoms with Gasteiger partial charge in [-0.25, -0.2) is 0 Å². The Labute approximate surface area is 119 Å². The monoisotopic (exact) mass is 290 g/mol. The quantitative estimate of drug-likeness (QED) is 0.692. The molecule has 2 heterocycles. The maximum absolute atomic E-state index is 5.90. The average Bonchev–Trinajstić information content (AvgIpc) is 2.83. The number of benzene rings is 1. The molecule has 4 nitrogen and oxygen atoms in total. The summed E-state index contributed by atoms with van der Waals surface area (Å²) in [6.45, 7) is 2.10. The number of hydrogen-bond acceptors (Lipinski definition) is 4. The number of hydrogen-bond donors (Lipinski definition) is 0. The zero-order valence-corrected chi connectivity index (χ0v) is 11.8. The number of fused-ring (bicyclic) bond motifs is 1. The molecule has 19 heavy (non-hydrogen) atoms. The van der Waals surface area contributed by atoms with Gasteiger partial charge in [-0.15, -0.1) is 22.0 Å². The van der Waals surface area contributed by atoms with E-state index in [1.807, 2.05) is 36.4 Å². The van der Waals surface area contributed by atoms with E-state index in [1.54, 1.807) is 16.3 Å². The molecule has 3 aromatic rings. The van der Waals surface area contributed by atoms with Crippen LogP contribution in [0.3, 0.4) is 0 Å². The van der Waals surface area contributed by atoms with Crippen molar-refractivity contribution in [2.75, 3.05) is 5.75 Å². The molecule has 6 heteroatoms. The van der Waals surface area contributed by atoms with E-state index in [0.29, 0.717) is 5.02 Å². The molecule has 0 unspecified atom stereocenters. The molecule has 0 saturated carbocycles. The van der Waals surface area contributed by atoms with Gasteiger partial charge in [0.25, 0.3) is 0 Å². The van der Waals surface area contributed by atoms with Crippen LogP contribution >= 0.6 is 23.4 Å². The zero-order chi connectivity index (χ0) is 13.2. The van der Waals surface area contributed by atoms with E-state index < -0.39 is 0 Å². The molecule has 0 N–H and O–H groups in total. The van der Waals surface area contributed by atoms with Crippen molar-refractivity contribution in [3.05, 3.63) is 41.4 Å². The third-order valence-corrected chi connectivity index (χ3v) is 3.69. The normalized spacial score (nSPS) is 11.1. The van der Waals surface area contributed by atoms with Gasteiger partial charge in [-0.3, -0.25) is 0 Å². The largest absolute Gasteiger partial charge is 0.192 e. The Morgan fingerprint density at radius 2 is 1.89 bits per heavy atom. The maximum atomic E-state index is 5.90. The van der Waals surface area contributed by atoms with Gasteiger partial charge in [0.2, 0.25) is 0 Å². The van der Waals surface area contributed by atoms with E-state index in [0.717, 1.165) is 27.8 Å². The Balaban J connectivity index is 2.12. The summed E-state index contributed by atoms with van der Waals surface area (Å²) in [7, 11) is 0. The summed E-state index contributed by atoms with van der Waals surface area (Å²) in [6.07, 6.45) is 0. The predicted octanol–water partition coefficient (Wildman–Crippen LogP) is 3.56. The van der Waals surface area contributed by atoms with E-state index in [2.05, 4.69) is 22.2 Å². The zero-order valence-electron chi connectivity index (χ0n) is 10.2. The van der Waals surface area contributed by atoms with Crippen LogP contribution in [-0.2, 0) is 0 Å². The molecule has 0 aliphatic rings. The Kier molecular flexibility index (Phi) is 3.40. The van der Waals surface area contributed by atoms with Crippen LogP contribution in [0, 0.1) is 0 Å². The summed E-state index contributed by atoms with van der Waals surface area (Å²) >= 11 is 7.59. The molecule has 2 aromatic heterocycles. The molecule has 0 spiro atoms. The van der Waals surface area contributed by atoms with Crippen molar-refractivity contribution >= 4 is 29.0 Å². The first-order chi connectivity index (χ1) is 9.28. The first-order valence-electron chi connectivity index (χ1n) is 5.89. The van der Waals surface area contributed by atoms with Crippen LogP contribution in [0.2, 0.25) is 5.02 Å². The van der Waals surface area contributed by atoms with Gasteiger partial charge in [0.15, 0.2) is 11.5 Å². The fraction of sp³-hybridized carbons (Fsp3) is 0.154. The highest BCUT2D eigenvalue weighted by Crippen LogP contribution is 2.21. The van der Waals surface area contributed by atoms with E-state index in [4.69, 9.17) is 11.6 Å². The van der Waals surface area contributed by atoms with Crippen molar-refractivity contribution in [2.45, 2.75) is 11.9 Å². The summed E-state index contributed by atoms with van der Waals surface area (Å²) in [5.41, 5.74) is 1.69. The molecule has 0 aliphatic carbocycles. The fourth-order valence-corrected chi connectivity index (χ4v) is 2.50. The number of thioether (sulfide) groups is 1. The van der Waals surface area contributed by atoms with Gasteiger partial charge in [-0.05, 0) is 42.2 Å². The van der Waals surface area contributed by atoms with Crippen molar-refractivity contribution in [3.63, 3.8) is 0 Å². The highest BCUT2D eigenvalue weighted by molar-refractivity contribution is 7.99. The lowest BCUT2D eigenvalue weighted by Gasteiger charge is -2.01. The predicted molar refractivity (Wildman–Crippen MR) is 77.6 cm³/mol. The second-order valence-corrected chi connectivity index (χ2v) is 5.63. The average molecular weight is 291 g/mol. The van der Waals surface area contributed by atoms with Crippen molar-refractivity contribution in [3.8, 4) is 11.4 Å². The summed E-state index contributed by atoms with van der Waals surface area (Å²) in [4.78, 5) is 0. The Hall–Kier alpha value is -1.59. The van der Waals surface area contributed by atoms with Gasteiger partial charge < -0.3 is 0 Å². The second-order valence-electron chi connectivity index (χ2n) is 3.91. The minimum atomic E-state index is 0.702. The topological polar surface area (TPSA) is 43.1 Å². The minimum Gasteiger partial charge on any atom is -0.192 e. The molecule has 0 atom stereocenters. The van der Waals surface area contributed by atoms with Crippen LogP contribution in [0.4, 0.5) is 0 Å². The van der Waals surface area contributed by atoms with Crippen molar-refractivity contribution in [1.29, 1.82) is 0 Å². The first kappa shape index (κ1) is 12.4. The molecular weight excluding hydrogens is 280 g/mol. The molecule has 0 fully saturated rings. The highest BCUT2D eigenvalue weighted by atomic mass is 35.5. The van der Waals surface area contributed by atoms with Gasteiger partial charge in [-0.2, -0.15) is 9.61 Å². The van der Waals surface area contributed by atoms with Crippen LogP contribution in [0.1, 0.15) is 6.92 Å². The van der Waals surface area contributed by atoms with Gasteiger partial charge in [0, 0.05) is 10.6 Å². The van der Waals surface area contributed by atoms with Crippen LogP contribution in [0.15, 0.2) is 41.4 Å². The molecular formula is C13H11ClN4S. The van der Waals surface area contributed by atoms with Crippen LogP contribution in [0.25, 0.3) is 17.0 Å². The molecule has 0 amide bonds. The molecule has 0 bridgehead atoms. The van der Waals surface area contributed by atoms with Crippen molar-refractivity contribution in [1.82, 2.24) is 19.8 Å². The van der Waals surface area contributed by atoms with Crippen LogP contribution < -0.4 is 0 Å². The number of halogens is 1. The fourth-order valence-electron chi connectivity index (χ4n) is 1.78. The number of nitrogens with zero attached hydrogens (tertiary/aromatic N) is 4. The highest BCUT2D eigenvalue weighted by Gasteiger charge is 2.09. The smallest absolute Gasteiger partial charge is 0.185 e. The Bertz CT molecular complexity index is 708. The molecule has 0 aliphatic heterocycles. The maximum Gasteiger partial charge on any atom is 0.185 e. The molecule has 0 radical (unpaired) electrons. The van der Waals surface area contributed by atoms with Crippen molar-refractivity contribution < 1.29 is 0 Å². The first-order valence-corrected chi connectivity index (χ1v) is 7.25. The minimum absolute atomic E-state index is 0.702. The van der Waals surface area contributed by atoms with E-state index in [-0.39, 0.29) is 0 Å². The summed E-state index contributed by atoms with van der Waals surface area (Å²) in [5.74, 6) is 1.71. The molecule has 0 saturated heterocycles. The van der Waals surface area contributed by atoms with E-state index in [1.165, 1.54) is 0 Å². The van der Waals surface area contributed by atoms with Gasteiger partial charge >= 0.3 is 0 Å². The lowest BCUT2D eigenvalue weighted by molar-refractivity contribution is 0.861. The van der Waals surface area contributed by atoms with E-state index >= 15 is 0 Å². The van der Waals surface area contributed by atoms with Gasteiger partial charge in [0.05, 0.1) is 0 Å². The third kappa shape index (κ3) is 2.43.